The third kappa shape index (κ3) is 2.67. The van der Waals surface area contributed by atoms with Gasteiger partial charge in [0.25, 0.3) is 0 Å². The monoisotopic (exact) mass is 205 g/mol. The summed E-state index contributed by atoms with van der Waals surface area (Å²) in [6, 6.07) is 0. The molecule has 0 aromatic carbocycles. The fourth-order valence-corrected chi connectivity index (χ4v) is 1.74. The fourth-order valence-electron chi connectivity index (χ4n) is 0.512. The highest BCUT2D eigenvalue weighted by atomic mass is 32.2. The molecule has 0 aliphatic carbocycles. The number of aromatic nitrogens is 2. The van der Waals surface area contributed by atoms with Crippen molar-refractivity contribution in [3.8, 4) is 5.19 Å². The molecule has 7 heteroatoms. The number of rotatable bonds is 3. The van der Waals surface area contributed by atoms with Gasteiger partial charge in [0.1, 0.15) is 0 Å². The molecular weight excluding hydrogens is 198 g/mol. The average Bonchev–Trinajstić information content (AvgIpc) is 2.36. The van der Waals surface area contributed by atoms with E-state index in [1.165, 1.54) is 11.8 Å². The van der Waals surface area contributed by atoms with Gasteiger partial charge >= 0.3 is 11.3 Å². The molecule has 5 nitrogen and oxygen atoms in total. The summed E-state index contributed by atoms with van der Waals surface area (Å²) in [5.41, 5.74) is 4.78. The standard InChI is InChI=1S/C5H7N3O2S2/c1-2-11-4-7-5(12-8-4)10-3(6)9/h2H2,1H3,(H2,6,9). The van der Waals surface area contributed by atoms with Crippen molar-refractivity contribution >= 4 is 29.4 Å². The molecule has 0 radical (unpaired) electrons. The van der Waals surface area contributed by atoms with Crippen LogP contribution in [0.25, 0.3) is 0 Å². The predicted molar refractivity (Wildman–Crippen MR) is 46.5 cm³/mol. The summed E-state index contributed by atoms with van der Waals surface area (Å²) in [6.07, 6.45) is -0.862. The minimum atomic E-state index is -0.862. The SMILES string of the molecule is CCSc1nsc(OC(N)=O)n1. The second-order valence-electron chi connectivity index (χ2n) is 1.70. The number of nitrogens with zero attached hydrogens (tertiary/aromatic N) is 2. The van der Waals surface area contributed by atoms with Crippen LogP contribution < -0.4 is 10.5 Å². The van der Waals surface area contributed by atoms with Crippen LogP contribution in [-0.4, -0.2) is 21.2 Å². The number of ether oxygens (including phenoxy) is 1. The van der Waals surface area contributed by atoms with Crippen molar-refractivity contribution in [1.29, 1.82) is 0 Å². The summed E-state index contributed by atoms with van der Waals surface area (Å²) in [5.74, 6) is 0.882. The van der Waals surface area contributed by atoms with Gasteiger partial charge in [-0.15, -0.1) is 0 Å². The van der Waals surface area contributed by atoms with E-state index in [0.717, 1.165) is 17.3 Å². The number of amides is 1. The average molecular weight is 205 g/mol. The molecule has 0 aliphatic rings. The van der Waals surface area contributed by atoms with Gasteiger partial charge in [-0.25, -0.2) is 4.79 Å². The minimum Gasteiger partial charge on any atom is -0.380 e. The van der Waals surface area contributed by atoms with Gasteiger partial charge in [-0.2, -0.15) is 9.36 Å². The molecule has 1 aromatic rings. The minimum absolute atomic E-state index is 0.193. The molecule has 0 bridgehead atoms. The molecule has 0 atom stereocenters. The van der Waals surface area contributed by atoms with Crippen LogP contribution in [0.3, 0.4) is 0 Å². The Morgan fingerprint density at radius 3 is 3.17 bits per heavy atom. The summed E-state index contributed by atoms with van der Waals surface area (Å²) < 4.78 is 8.43. The number of carbonyl (C=O) groups excluding carboxylic acids is 1. The molecule has 2 N–H and O–H groups in total. The first kappa shape index (κ1) is 9.27. The largest absolute Gasteiger partial charge is 0.411 e. The maximum absolute atomic E-state index is 10.3. The van der Waals surface area contributed by atoms with Gasteiger partial charge in [0, 0.05) is 11.5 Å². The van der Waals surface area contributed by atoms with Gasteiger partial charge in [0.15, 0.2) is 0 Å². The third-order valence-corrected chi connectivity index (χ3v) is 2.29. The molecule has 66 valence electrons. The molecule has 12 heavy (non-hydrogen) atoms. The van der Waals surface area contributed by atoms with E-state index in [-0.39, 0.29) is 5.19 Å². The normalized spacial score (nSPS) is 9.75. The van der Waals surface area contributed by atoms with Gasteiger partial charge < -0.3 is 10.5 Å². The zero-order valence-electron chi connectivity index (χ0n) is 6.31. The number of thioether (sulfide) groups is 1. The van der Waals surface area contributed by atoms with Crippen LogP contribution in [0, 0.1) is 0 Å². The van der Waals surface area contributed by atoms with E-state index in [0.29, 0.717) is 5.16 Å². The number of primary amides is 1. The first-order valence-corrected chi connectivity index (χ1v) is 4.92. The van der Waals surface area contributed by atoms with Crippen molar-refractivity contribution in [3.05, 3.63) is 0 Å². The summed E-state index contributed by atoms with van der Waals surface area (Å²) in [5, 5.41) is 0.803. The molecule has 0 aliphatic heterocycles. The Bertz CT molecular complexity index is 275. The Kier molecular flexibility index (Phi) is 3.30. The second kappa shape index (κ2) is 4.27. The fraction of sp³-hybridized carbons (Fsp3) is 0.400. The van der Waals surface area contributed by atoms with E-state index in [1.807, 2.05) is 6.92 Å². The second-order valence-corrected chi connectivity index (χ2v) is 3.64. The lowest BCUT2D eigenvalue weighted by molar-refractivity contribution is 0.210. The van der Waals surface area contributed by atoms with Crippen LogP contribution in [0.4, 0.5) is 4.79 Å². The summed E-state index contributed by atoms with van der Waals surface area (Å²) >= 11 is 2.49. The number of carbonyl (C=O) groups is 1. The van der Waals surface area contributed by atoms with Crippen LogP contribution in [0.15, 0.2) is 5.16 Å². The molecule has 1 aromatic heterocycles. The first-order valence-electron chi connectivity index (χ1n) is 3.16. The molecule has 0 saturated heterocycles. The molecule has 0 spiro atoms. The van der Waals surface area contributed by atoms with Crippen molar-refractivity contribution in [2.24, 2.45) is 5.73 Å². The number of hydrogen-bond acceptors (Lipinski definition) is 6. The number of hydrogen-bond donors (Lipinski definition) is 1. The van der Waals surface area contributed by atoms with Gasteiger partial charge in [0.2, 0.25) is 5.16 Å². The molecule has 0 saturated carbocycles. The van der Waals surface area contributed by atoms with Crippen LogP contribution in [0.1, 0.15) is 6.92 Å². The van der Waals surface area contributed by atoms with E-state index in [2.05, 4.69) is 14.1 Å². The lowest BCUT2D eigenvalue weighted by Gasteiger charge is -1.90. The maximum atomic E-state index is 10.3. The smallest absolute Gasteiger partial charge is 0.380 e. The highest BCUT2D eigenvalue weighted by Gasteiger charge is 2.06. The molecule has 1 heterocycles. The summed E-state index contributed by atoms with van der Waals surface area (Å²) in [4.78, 5) is 14.2. The zero-order chi connectivity index (χ0) is 8.97. The Balaban J connectivity index is 2.58. The van der Waals surface area contributed by atoms with Gasteiger partial charge in [-0.1, -0.05) is 18.7 Å². The van der Waals surface area contributed by atoms with Crippen LogP contribution in [0.2, 0.25) is 0 Å². The Morgan fingerprint density at radius 1 is 1.83 bits per heavy atom. The topological polar surface area (TPSA) is 78.1 Å². The quantitative estimate of drug-likeness (QED) is 0.748. The van der Waals surface area contributed by atoms with Crippen molar-refractivity contribution in [2.45, 2.75) is 12.1 Å². The van der Waals surface area contributed by atoms with Crippen molar-refractivity contribution in [1.82, 2.24) is 9.36 Å². The maximum Gasteiger partial charge on any atom is 0.411 e. The van der Waals surface area contributed by atoms with Gasteiger partial charge in [-0.05, 0) is 5.75 Å². The van der Waals surface area contributed by atoms with E-state index in [9.17, 15) is 4.79 Å². The summed E-state index contributed by atoms with van der Waals surface area (Å²) in [7, 11) is 0. The third-order valence-electron chi connectivity index (χ3n) is 0.850. The van der Waals surface area contributed by atoms with Crippen molar-refractivity contribution in [3.63, 3.8) is 0 Å². The highest BCUT2D eigenvalue weighted by molar-refractivity contribution is 7.99. The molecule has 0 unspecified atom stereocenters. The Hall–Kier alpha value is -0.820. The van der Waals surface area contributed by atoms with Crippen LogP contribution >= 0.6 is 23.3 Å². The summed E-state index contributed by atoms with van der Waals surface area (Å²) in [6.45, 7) is 1.99. The first-order chi connectivity index (χ1) is 5.72. The lowest BCUT2D eigenvalue weighted by Crippen LogP contribution is -2.15. The lowest BCUT2D eigenvalue weighted by atomic mass is 11.0. The molecule has 1 rings (SSSR count). The molecule has 1 amide bonds. The van der Waals surface area contributed by atoms with Crippen LogP contribution in [0.5, 0.6) is 5.19 Å². The van der Waals surface area contributed by atoms with Crippen molar-refractivity contribution in [2.75, 3.05) is 5.75 Å². The van der Waals surface area contributed by atoms with Crippen molar-refractivity contribution < 1.29 is 9.53 Å². The Labute approximate surface area is 77.5 Å². The van der Waals surface area contributed by atoms with E-state index in [4.69, 9.17) is 5.73 Å². The molecule has 0 fully saturated rings. The Morgan fingerprint density at radius 2 is 2.58 bits per heavy atom. The molecular formula is C5H7N3O2S2. The van der Waals surface area contributed by atoms with Gasteiger partial charge in [-0.3, -0.25) is 0 Å². The van der Waals surface area contributed by atoms with E-state index in [1.54, 1.807) is 0 Å². The zero-order valence-corrected chi connectivity index (χ0v) is 7.94. The van der Waals surface area contributed by atoms with Gasteiger partial charge in [0.05, 0.1) is 0 Å². The predicted octanol–water partition coefficient (Wildman–Crippen LogP) is 1.11. The highest BCUT2D eigenvalue weighted by Crippen LogP contribution is 2.20. The van der Waals surface area contributed by atoms with E-state index < -0.39 is 6.09 Å². The number of nitrogens with two attached hydrogens (primary N) is 1. The van der Waals surface area contributed by atoms with E-state index >= 15 is 0 Å². The van der Waals surface area contributed by atoms with Crippen LogP contribution in [-0.2, 0) is 0 Å².